The Hall–Kier alpha value is -2.88. The van der Waals surface area contributed by atoms with Gasteiger partial charge in [0.25, 0.3) is 0 Å². The minimum Gasteiger partial charge on any atom is -0.383 e. The maximum atomic E-state index is 6.14. The molecule has 3 aromatic rings. The average Bonchev–Trinajstić information content (AvgIpc) is 2.95. The lowest BCUT2D eigenvalue weighted by Crippen LogP contribution is -2.48. The highest BCUT2D eigenvalue weighted by Gasteiger charge is 2.22. The summed E-state index contributed by atoms with van der Waals surface area (Å²) in [6, 6.07) is 9.92. The van der Waals surface area contributed by atoms with Crippen molar-refractivity contribution in [3.63, 3.8) is 0 Å². The predicted octanol–water partition coefficient (Wildman–Crippen LogP) is 3.49. The van der Waals surface area contributed by atoms with Crippen LogP contribution in [0.4, 0.5) is 23.3 Å². The SMILES string of the molecule is CCN1CCN(c2cc(NCCNc3ccnc4cc(Cl)ccc34)nc(N3CCN(CC)CC3)n2)CC1. The standard InChI is InChI=1S/C27H38ClN9/c1-3-34-11-15-36(16-12-34)26-20-25(32-27(33-26)37-17-13-35(4-2)14-18-37)31-10-9-30-23-7-8-29-24-19-21(28)5-6-22(23)24/h5-8,19-20H,3-4,9-18H2,1-2H3,(H,29,30)(H,31,32,33). The van der Waals surface area contributed by atoms with Gasteiger partial charge >= 0.3 is 0 Å². The largest absolute Gasteiger partial charge is 0.383 e. The number of nitrogens with zero attached hydrogens (tertiary/aromatic N) is 7. The molecule has 0 aliphatic carbocycles. The van der Waals surface area contributed by atoms with Crippen molar-refractivity contribution in [1.29, 1.82) is 0 Å². The van der Waals surface area contributed by atoms with Gasteiger partial charge < -0.3 is 30.2 Å². The van der Waals surface area contributed by atoms with E-state index < -0.39 is 0 Å². The molecule has 5 rings (SSSR count). The summed E-state index contributed by atoms with van der Waals surface area (Å²) < 4.78 is 0. The van der Waals surface area contributed by atoms with Crippen LogP contribution in [0.2, 0.25) is 5.02 Å². The molecule has 0 amide bonds. The van der Waals surface area contributed by atoms with E-state index in [4.69, 9.17) is 21.6 Å². The van der Waals surface area contributed by atoms with Crippen LogP contribution in [0.5, 0.6) is 0 Å². The van der Waals surface area contributed by atoms with Crippen molar-refractivity contribution in [2.45, 2.75) is 13.8 Å². The maximum Gasteiger partial charge on any atom is 0.229 e. The Morgan fingerprint density at radius 2 is 1.46 bits per heavy atom. The minimum atomic E-state index is 0.696. The van der Waals surface area contributed by atoms with E-state index in [9.17, 15) is 0 Å². The first-order chi connectivity index (χ1) is 18.1. The summed E-state index contributed by atoms with van der Waals surface area (Å²) >= 11 is 6.14. The van der Waals surface area contributed by atoms with Crippen molar-refractivity contribution in [1.82, 2.24) is 24.8 Å². The van der Waals surface area contributed by atoms with Crippen LogP contribution in [0.25, 0.3) is 10.9 Å². The molecule has 2 aliphatic rings. The van der Waals surface area contributed by atoms with Crippen molar-refractivity contribution in [2.75, 3.05) is 99.0 Å². The second kappa shape index (κ2) is 12.1. The molecular formula is C27H38ClN9. The Morgan fingerprint density at radius 1 is 0.784 bits per heavy atom. The van der Waals surface area contributed by atoms with E-state index in [1.165, 1.54) is 0 Å². The molecule has 2 aromatic heterocycles. The van der Waals surface area contributed by atoms with Crippen molar-refractivity contribution >= 4 is 45.8 Å². The zero-order chi connectivity index (χ0) is 25.6. The first-order valence-electron chi connectivity index (χ1n) is 13.5. The highest BCUT2D eigenvalue weighted by atomic mass is 35.5. The van der Waals surface area contributed by atoms with Gasteiger partial charge in [-0.3, -0.25) is 4.98 Å². The van der Waals surface area contributed by atoms with Crippen LogP contribution in [0.1, 0.15) is 13.8 Å². The number of likely N-dealkylation sites (N-methyl/N-ethyl adjacent to an activating group) is 2. The summed E-state index contributed by atoms with van der Waals surface area (Å²) in [4.78, 5) is 24.1. The first-order valence-corrected chi connectivity index (χ1v) is 13.9. The summed E-state index contributed by atoms with van der Waals surface area (Å²) in [6.07, 6.45) is 1.81. The monoisotopic (exact) mass is 523 g/mol. The number of anilines is 4. The van der Waals surface area contributed by atoms with Gasteiger partial charge in [-0.05, 0) is 37.4 Å². The summed E-state index contributed by atoms with van der Waals surface area (Å²) in [5.41, 5.74) is 1.94. The van der Waals surface area contributed by atoms with E-state index in [1.54, 1.807) is 0 Å². The zero-order valence-electron chi connectivity index (χ0n) is 22.0. The maximum absolute atomic E-state index is 6.14. The third-order valence-corrected chi connectivity index (χ3v) is 7.63. The molecule has 0 atom stereocenters. The van der Waals surface area contributed by atoms with Gasteiger partial charge in [0.05, 0.1) is 5.52 Å². The lowest BCUT2D eigenvalue weighted by Gasteiger charge is -2.36. The summed E-state index contributed by atoms with van der Waals surface area (Å²) in [5, 5.41) is 8.84. The Kier molecular flexibility index (Phi) is 8.43. The second-order valence-electron chi connectivity index (χ2n) is 9.63. The quantitative estimate of drug-likeness (QED) is 0.410. The van der Waals surface area contributed by atoms with Gasteiger partial charge in [-0.1, -0.05) is 25.4 Å². The third-order valence-electron chi connectivity index (χ3n) is 7.40. The number of aromatic nitrogens is 3. The van der Waals surface area contributed by atoms with Gasteiger partial charge in [0.2, 0.25) is 5.95 Å². The lowest BCUT2D eigenvalue weighted by atomic mass is 10.2. The summed E-state index contributed by atoms with van der Waals surface area (Å²) in [7, 11) is 0. The van der Waals surface area contributed by atoms with E-state index in [-0.39, 0.29) is 0 Å². The molecule has 2 N–H and O–H groups in total. The number of benzene rings is 1. The molecule has 37 heavy (non-hydrogen) atoms. The van der Waals surface area contributed by atoms with Gasteiger partial charge in [0.15, 0.2) is 0 Å². The van der Waals surface area contributed by atoms with Crippen molar-refractivity contribution in [3.05, 3.63) is 41.6 Å². The van der Waals surface area contributed by atoms with Crippen molar-refractivity contribution in [2.24, 2.45) is 0 Å². The molecule has 0 bridgehead atoms. The highest BCUT2D eigenvalue weighted by Crippen LogP contribution is 2.25. The van der Waals surface area contributed by atoms with Crippen LogP contribution in [0.3, 0.4) is 0 Å². The Morgan fingerprint density at radius 3 is 2.16 bits per heavy atom. The highest BCUT2D eigenvalue weighted by molar-refractivity contribution is 6.31. The van der Waals surface area contributed by atoms with E-state index in [0.29, 0.717) is 5.02 Å². The Labute approximate surface area is 224 Å². The number of piperazine rings is 2. The van der Waals surface area contributed by atoms with Crippen LogP contribution in [0, 0.1) is 0 Å². The number of fused-ring (bicyclic) bond motifs is 1. The smallest absolute Gasteiger partial charge is 0.229 e. The molecule has 2 aliphatic heterocycles. The Bertz CT molecular complexity index is 1130. The number of rotatable bonds is 9. The van der Waals surface area contributed by atoms with Crippen LogP contribution in [-0.2, 0) is 0 Å². The third kappa shape index (κ3) is 6.34. The van der Waals surface area contributed by atoms with E-state index in [2.05, 4.69) is 55.1 Å². The molecule has 2 saturated heterocycles. The fourth-order valence-corrected chi connectivity index (χ4v) is 5.20. The lowest BCUT2D eigenvalue weighted by molar-refractivity contribution is 0.268. The molecule has 0 unspecified atom stereocenters. The molecule has 0 saturated carbocycles. The molecule has 4 heterocycles. The van der Waals surface area contributed by atoms with E-state index >= 15 is 0 Å². The fourth-order valence-electron chi connectivity index (χ4n) is 5.04. The van der Waals surface area contributed by atoms with Gasteiger partial charge in [-0.25, -0.2) is 0 Å². The molecule has 10 heteroatoms. The van der Waals surface area contributed by atoms with Gasteiger partial charge in [-0.15, -0.1) is 0 Å². The van der Waals surface area contributed by atoms with Crippen LogP contribution in [-0.4, -0.2) is 103 Å². The van der Waals surface area contributed by atoms with Gasteiger partial charge in [0, 0.05) is 93.8 Å². The van der Waals surface area contributed by atoms with Gasteiger partial charge in [0.1, 0.15) is 11.6 Å². The summed E-state index contributed by atoms with van der Waals surface area (Å²) in [5.74, 6) is 2.73. The predicted molar refractivity (Wildman–Crippen MR) is 154 cm³/mol. The number of pyridine rings is 1. The molecular weight excluding hydrogens is 486 g/mol. The molecule has 9 nitrogen and oxygen atoms in total. The van der Waals surface area contributed by atoms with Crippen LogP contribution in [0.15, 0.2) is 36.5 Å². The molecule has 0 spiro atoms. The number of hydrogen-bond acceptors (Lipinski definition) is 9. The topological polar surface area (TPSA) is 75.7 Å². The molecule has 1 aromatic carbocycles. The van der Waals surface area contributed by atoms with E-state index in [0.717, 1.165) is 113 Å². The van der Waals surface area contributed by atoms with Gasteiger partial charge in [-0.2, -0.15) is 9.97 Å². The second-order valence-corrected chi connectivity index (χ2v) is 10.1. The van der Waals surface area contributed by atoms with Crippen LogP contribution < -0.4 is 20.4 Å². The van der Waals surface area contributed by atoms with Crippen molar-refractivity contribution < 1.29 is 0 Å². The van der Waals surface area contributed by atoms with Crippen molar-refractivity contribution in [3.8, 4) is 0 Å². The molecule has 2 fully saturated rings. The molecule has 198 valence electrons. The number of nitrogens with one attached hydrogen (secondary N) is 2. The number of halogens is 1. The first kappa shape index (κ1) is 25.8. The average molecular weight is 524 g/mol. The molecule has 0 radical (unpaired) electrons. The van der Waals surface area contributed by atoms with Crippen LogP contribution >= 0.6 is 11.6 Å². The zero-order valence-corrected chi connectivity index (χ0v) is 22.7. The summed E-state index contributed by atoms with van der Waals surface area (Å²) in [6.45, 7) is 16.3. The number of hydrogen-bond donors (Lipinski definition) is 2. The minimum absolute atomic E-state index is 0.696. The van der Waals surface area contributed by atoms with E-state index in [1.807, 2.05) is 30.5 Å². The normalized spacial score (nSPS) is 17.4. The fraction of sp³-hybridized carbons (Fsp3) is 0.519. The Balaban J connectivity index is 1.27.